The van der Waals surface area contributed by atoms with Crippen molar-refractivity contribution in [3.8, 4) is 0 Å². The Balaban J connectivity index is 1.77. The molecule has 0 bridgehead atoms. The Morgan fingerprint density at radius 3 is 2.81 bits per heavy atom. The number of aromatic nitrogens is 2. The molecular weight excluding hydrogens is 320 g/mol. The molecule has 0 aliphatic heterocycles. The topological polar surface area (TPSA) is 63.8 Å². The van der Waals surface area contributed by atoms with Gasteiger partial charge in [-0.15, -0.1) is 0 Å². The van der Waals surface area contributed by atoms with Gasteiger partial charge in [-0.1, -0.05) is 26.0 Å². The van der Waals surface area contributed by atoms with Gasteiger partial charge in [0, 0.05) is 36.6 Å². The van der Waals surface area contributed by atoms with Crippen molar-refractivity contribution in [1.82, 2.24) is 15.3 Å². The second-order valence-electron chi connectivity index (χ2n) is 7.69. The number of rotatable bonds is 8. The number of pyridine rings is 2. The summed E-state index contributed by atoms with van der Waals surface area (Å²) in [5.74, 6) is 0.492. The number of hydrogen-bond acceptors (Lipinski definition) is 4. The van der Waals surface area contributed by atoms with Gasteiger partial charge in [0.15, 0.2) is 0 Å². The zero-order valence-corrected chi connectivity index (χ0v) is 16.1. The highest BCUT2D eigenvalue weighted by atomic mass is 15.0. The van der Waals surface area contributed by atoms with E-state index in [0.29, 0.717) is 18.0 Å². The number of hydrogen-bond donors (Lipinski definition) is 2. The second kappa shape index (κ2) is 9.24. The van der Waals surface area contributed by atoms with Gasteiger partial charge in [0.25, 0.3) is 0 Å². The van der Waals surface area contributed by atoms with Crippen molar-refractivity contribution in [3.63, 3.8) is 0 Å². The molecular formula is C22H32N4. The Morgan fingerprint density at radius 1 is 1.19 bits per heavy atom. The largest absolute Gasteiger partial charge is 0.330 e. The number of fused-ring (bicyclic) bond motifs is 1. The number of aryl methyl sites for hydroxylation is 1. The standard InChI is InChI=1S/C22H32N4/c1-16(2)19-10-6-13-24-21(19)15-18(9-4-12-23)26-20-11-3-7-17-8-5-14-25-22(17)20/h5-6,8,10,13-14,16,18,20,26H,3-4,7,9,11-12,15,23H2,1-2H3. The van der Waals surface area contributed by atoms with Crippen LogP contribution in [0.25, 0.3) is 0 Å². The van der Waals surface area contributed by atoms with Crippen LogP contribution in [-0.2, 0) is 12.8 Å². The maximum absolute atomic E-state index is 5.80. The maximum atomic E-state index is 5.80. The van der Waals surface area contributed by atoms with Crippen molar-refractivity contribution in [1.29, 1.82) is 0 Å². The van der Waals surface area contributed by atoms with Gasteiger partial charge in [0.1, 0.15) is 0 Å². The summed E-state index contributed by atoms with van der Waals surface area (Å²) < 4.78 is 0. The SMILES string of the molecule is CC(C)c1cccnc1CC(CCCN)NC1CCCc2cccnc21. The molecule has 0 radical (unpaired) electrons. The summed E-state index contributed by atoms with van der Waals surface area (Å²) in [5, 5.41) is 3.90. The number of nitrogens with zero attached hydrogens (tertiary/aromatic N) is 2. The first kappa shape index (κ1) is 19.0. The molecule has 0 amide bonds. The summed E-state index contributed by atoms with van der Waals surface area (Å²) in [6.45, 7) is 5.21. The molecule has 0 aromatic carbocycles. The highest BCUT2D eigenvalue weighted by Gasteiger charge is 2.24. The van der Waals surface area contributed by atoms with E-state index >= 15 is 0 Å². The predicted molar refractivity (Wildman–Crippen MR) is 107 cm³/mol. The molecule has 2 aromatic heterocycles. The van der Waals surface area contributed by atoms with Crippen LogP contribution in [0.2, 0.25) is 0 Å². The highest BCUT2D eigenvalue weighted by molar-refractivity contribution is 5.27. The third kappa shape index (κ3) is 4.68. The van der Waals surface area contributed by atoms with Gasteiger partial charge in [0.2, 0.25) is 0 Å². The highest BCUT2D eigenvalue weighted by Crippen LogP contribution is 2.29. The van der Waals surface area contributed by atoms with E-state index in [1.165, 1.54) is 28.9 Å². The number of nitrogens with one attached hydrogen (secondary N) is 1. The Bertz CT molecular complexity index is 698. The van der Waals surface area contributed by atoms with E-state index < -0.39 is 0 Å². The van der Waals surface area contributed by atoms with E-state index in [4.69, 9.17) is 10.7 Å². The van der Waals surface area contributed by atoms with Gasteiger partial charge >= 0.3 is 0 Å². The second-order valence-corrected chi connectivity index (χ2v) is 7.69. The van der Waals surface area contributed by atoms with Crippen LogP contribution in [0.3, 0.4) is 0 Å². The maximum Gasteiger partial charge on any atom is 0.0605 e. The van der Waals surface area contributed by atoms with Crippen LogP contribution >= 0.6 is 0 Å². The van der Waals surface area contributed by atoms with Gasteiger partial charge in [0.05, 0.1) is 5.69 Å². The Labute approximate surface area is 157 Å². The monoisotopic (exact) mass is 352 g/mol. The van der Waals surface area contributed by atoms with Gasteiger partial charge in [-0.3, -0.25) is 9.97 Å². The van der Waals surface area contributed by atoms with E-state index in [1.807, 2.05) is 18.5 Å². The smallest absolute Gasteiger partial charge is 0.0605 e. The molecule has 1 aliphatic rings. The minimum Gasteiger partial charge on any atom is -0.330 e. The fourth-order valence-electron chi connectivity index (χ4n) is 4.04. The van der Waals surface area contributed by atoms with Gasteiger partial charge in [-0.05, 0) is 67.8 Å². The molecule has 0 spiro atoms. The molecule has 0 saturated heterocycles. The molecule has 2 atom stereocenters. The molecule has 0 saturated carbocycles. The molecule has 2 heterocycles. The third-order valence-corrected chi connectivity index (χ3v) is 5.38. The quantitative estimate of drug-likeness (QED) is 0.756. The first-order chi connectivity index (χ1) is 12.7. The van der Waals surface area contributed by atoms with E-state index in [2.05, 4.69) is 42.3 Å². The summed E-state index contributed by atoms with van der Waals surface area (Å²) >= 11 is 0. The summed E-state index contributed by atoms with van der Waals surface area (Å²) in [4.78, 5) is 9.38. The van der Waals surface area contributed by atoms with Crippen LogP contribution in [0.4, 0.5) is 0 Å². The van der Waals surface area contributed by atoms with Crippen LogP contribution in [0.15, 0.2) is 36.7 Å². The molecule has 3 rings (SSSR count). The van der Waals surface area contributed by atoms with E-state index in [1.54, 1.807) is 0 Å². The van der Waals surface area contributed by atoms with Crippen molar-refractivity contribution >= 4 is 0 Å². The van der Waals surface area contributed by atoms with Gasteiger partial charge in [-0.2, -0.15) is 0 Å². The van der Waals surface area contributed by atoms with E-state index in [0.717, 1.165) is 38.6 Å². The van der Waals surface area contributed by atoms with Gasteiger partial charge in [-0.25, -0.2) is 0 Å². The van der Waals surface area contributed by atoms with Crippen molar-refractivity contribution in [2.75, 3.05) is 6.54 Å². The molecule has 3 N–H and O–H groups in total. The first-order valence-electron chi connectivity index (χ1n) is 10.0. The average molecular weight is 353 g/mol. The van der Waals surface area contributed by atoms with Crippen molar-refractivity contribution in [2.45, 2.75) is 70.4 Å². The van der Waals surface area contributed by atoms with Crippen LogP contribution < -0.4 is 11.1 Å². The summed E-state index contributed by atoms with van der Waals surface area (Å²) in [7, 11) is 0. The summed E-state index contributed by atoms with van der Waals surface area (Å²) in [6.07, 6.45) is 10.4. The first-order valence-corrected chi connectivity index (χ1v) is 10.0. The minimum absolute atomic E-state index is 0.342. The van der Waals surface area contributed by atoms with E-state index in [9.17, 15) is 0 Å². The fourth-order valence-corrected chi connectivity index (χ4v) is 4.04. The zero-order valence-electron chi connectivity index (χ0n) is 16.1. The molecule has 2 aromatic rings. The molecule has 26 heavy (non-hydrogen) atoms. The molecule has 4 nitrogen and oxygen atoms in total. The minimum atomic E-state index is 0.342. The lowest BCUT2D eigenvalue weighted by atomic mass is 9.90. The van der Waals surface area contributed by atoms with Crippen LogP contribution in [-0.4, -0.2) is 22.6 Å². The third-order valence-electron chi connectivity index (χ3n) is 5.38. The Kier molecular flexibility index (Phi) is 6.75. The molecule has 0 fully saturated rings. The van der Waals surface area contributed by atoms with Crippen molar-refractivity contribution in [3.05, 3.63) is 59.2 Å². The number of nitrogens with two attached hydrogens (primary N) is 1. The van der Waals surface area contributed by atoms with Gasteiger partial charge < -0.3 is 11.1 Å². The molecule has 4 heteroatoms. The normalized spacial score (nSPS) is 17.9. The molecule has 140 valence electrons. The van der Waals surface area contributed by atoms with Crippen molar-refractivity contribution in [2.24, 2.45) is 5.73 Å². The van der Waals surface area contributed by atoms with Crippen LogP contribution in [0.5, 0.6) is 0 Å². The Hall–Kier alpha value is -1.78. The molecule has 2 unspecified atom stereocenters. The lowest BCUT2D eigenvalue weighted by molar-refractivity contribution is 0.364. The van der Waals surface area contributed by atoms with Crippen LogP contribution in [0.1, 0.15) is 74.0 Å². The lowest BCUT2D eigenvalue weighted by Gasteiger charge is -2.30. The van der Waals surface area contributed by atoms with Crippen LogP contribution in [0, 0.1) is 0 Å². The molecule has 1 aliphatic carbocycles. The zero-order chi connectivity index (χ0) is 18.4. The fraction of sp³-hybridized carbons (Fsp3) is 0.545. The van der Waals surface area contributed by atoms with E-state index in [-0.39, 0.29) is 0 Å². The predicted octanol–water partition coefficient (Wildman–Crippen LogP) is 3.92. The summed E-state index contributed by atoms with van der Waals surface area (Å²) in [6, 6.07) is 9.25. The average Bonchev–Trinajstić information content (AvgIpc) is 2.66. The lowest BCUT2D eigenvalue weighted by Crippen LogP contribution is -2.37. The Morgan fingerprint density at radius 2 is 2.00 bits per heavy atom. The summed E-state index contributed by atoms with van der Waals surface area (Å²) in [5.41, 5.74) is 11.0. The van der Waals surface area contributed by atoms with Crippen molar-refractivity contribution < 1.29 is 0 Å².